The number of halogens is 3. The number of aryl methyl sites for hydroxylation is 1. The van der Waals surface area contributed by atoms with Gasteiger partial charge >= 0.3 is 6.18 Å². The number of hydrogen-bond acceptors (Lipinski definition) is 6. The van der Waals surface area contributed by atoms with Crippen molar-refractivity contribution in [1.29, 1.82) is 0 Å². The van der Waals surface area contributed by atoms with Gasteiger partial charge in [-0.2, -0.15) is 13.2 Å². The summed E-state index contributed by atoms with van der Waals surface area (Å²) in [5, 5.41) is 8.18. The van der Waals surface area contributed by atoms with Crippen molar-refractivity contribution in [3.05, 3.63) is 76.4 Å². The lowest BCUT2D eigenvalue weighted by Crippen LogP contribution is -2.49. The van der Waals surface area contributed by atoms with Crippen LogP contribution in [0.25, 0.3) is 0 Å². The van der Waals surface area contributed by atoms with Crippen molar-refractivity contribution in [2.45, 2.75) is 50.0 Å². The Hall–Kier alpha value is -3.28. The number of piperidine rings is 1. The number of rotatable bonds is 7. The molecule has 2 aromatic carbocycles. The van der Waals surface area contributed by atoms with Crippen LogP contribution >= 0.6 is 0 Å². The van der Waals surface area contributed by atoms with Crippen LogP contribution in [0.4, 0.5) is 18.9 Å². The van der Waals surface area contributed by atoms with Crippen LogP contribution in [0.15, 0.2) is 42.7 Å². The van der Waals surface area contributed by atoms with Gasteiger partial charge in [0, 0.05) is 50.3 Å². The summed E-state index contributed by atoms with van der Waals surface area (Å²) in [5.74, 6) is 0.395. The topological polar surface area (TPSA) is 72.7 Å². The van der Waals surface area contributed by atoms with Crippen LogP contribution in [-0.2, 0) is 47.6 Å². The number of amides is 1. The Morgan fingerprint density at radius 3 is 2.70 bits per heavy atom. The Bertz CT molecular complexity index is 1420. The fourth-order valence-electron chi connectivity index (χ4n) is 6.12. The van der Waals surface area contributed by atoms with Crippen LogP contribution in [0.3, 0.4) is 0 Å². The summed E-state index contributed by atoms with van der Waals surface area (Å²) < 4.78 is 55.7. The summed E-state index contributed by atoms with van der Waals surface area (Å²) in [6.45, 7) is 2.62. The minimum atomic E-state index is -4.57. The van der Waals surface area contributed by atoms with E-state index in [1.165, 1.54) is 11.0 Å². The standard InChI is InChI=1S/C29H32F3N5O3/c1-35-18-33-34-26(35)12-28(16-40-17-28)20-5-3-6-21(11-20)37-15-24-23(27(37)38)9-19(10-25(24)29(30,31)32)13-36-8-4-7-22(14-36)39-2/h3,5-6,9-11,18,22H,4,7-8,12-17H2,1-2H3. The average molecular weight is 556 g/mol. The summed E-state index contributed by atoms with van der Waals surface area (Å²) in [7, 11) is 3.54. The highest BCUT2D eigenvalue weighted by Crippen LogP contribution is 2.42. The van der Waals surface area contributed by atoms with E-state index in [9.17, 15) is 18.0 Å². The largest absolute Gasteiger partial charge is 0.416 e. The van der Waals surface area contributed by atoms with E-state index in [4.69, 9.17) is 9.47 Å². The van der Waals surface area contributed by atoms with Crippen LogP contribution in [-0.4, -0.2) is 65.1 Å². The third-order valence-electron chi connectivity index (χ3n) is 8.44. The fourth-order valence-corrected chi connectivity index (χ4v) is 6.12. The molecular weight excluding hydrogens is 523 g/mol. The lowest BCUT2D eigenvalue weighted by Gasteiger charge is -2.42. The number of aromatic nitrogens is 3. The zero-order valence-electron chi connectivity index (χ0n) is 22.6. The van der Waals surface area contributed by atoms with Crippen LogP contribution in [0, 0.1) is 0 Å². The number of methoxy groups -OCH3 is 1. The Labute approximate surface area is 230 Å². The first-order valence-electron chi connectivity index (χ1n) is 13.5. The normalized spacial score (nSPS) is 21.0. The van der Waals surface area contributed by atoms with Crippen molar-refractivity contribution in [2.75, 3.05) is 38.3 Å². The van der Waals surface area contributed by atoms with Crippen LogP contribution in [0.2, 0.25) is 0 Å². The van der Waals surface area contributed by atoms with Crippen LogP contribution < -0.4 is 4.90 Å². The highest BCUT2D eigenvalue weighted by atomic mass is 19.4. The highest BCUT2D eigenvalue weighted by molar-refractivity contribution is 6.10. The van der Waals surface area contributed by atoms with E-state index >= 15 is 0 Å². The third kappa shape index (κ3) is 4.90. The number of hydrogen-bond donors (Lipinski definition) is 0. The van der Waals surface area contributed by atoms with E-state index < -0.39 is 17.6 Å². The first-order chi connectivity index (χ1) is 19.2. The van der Waals surface area contributed by atoms with Gasteiger partial charge in [0.25, 0.3) is 5.91 Å². The molecule has 0 aliphatic carbocycles. The number of ether oxygens (including phenoxy) is 2. The van der Waals surface area contributed by atoms with Gasteiger partial charge in [-0.15, -0.1) is 10.2 Å². The Morgan fingerprint density at radius 1 is 1.20 bits per heavy atom. The molecule has 3 aromatic rings. The zero-order chi connectivity index (χ0) is 28.1. The summed E-state index contributed by atoms with van der Waals surface area (Å²) >= 11 is 0. The molecule has 40 heavy (non-hydrogen) atoms. The van der Waals surface area contributed by atoms with E-state index in [0.717, 1.165) is 30.8 Å². The number of alkyl halides is 3. The number of carbonyl (C=O) groups is 1. The second kappa shape index (κ2) is 10.3. The van der Waals surface area contributed by atoms with E-state index in [1.807, 2.05) is 29.8 Å². The van der Waals surface area contributed by atoms with Gasteiger partial charge < -0.3 is 18.9 Å². The average Bonchev–Trinajstić information content (AvgIpc) is 3.47. The van der Waals surface area contributed by atoms with Gasteiger partial charge in [-0.3, -0.25) is 9.69 Å². The van der Waals surface area contributed by atoms with Crippen molar-refractivity contribution in [3.63, 3.8) is 0 Å². The van der Waals surface area contributed by atoms with Crippen LogP contribution in [0.5, 0.6) is 0 Å². The highest BCUT2D eigenvalue weighted by Gasteiger charge is 2.43. The maximum atomic E-state index is 14.3. The van der Waals surface area contributed by atoms with Crippen molar-refractivity contribution in [2.24, 2.45) is 7.05 Å². The smallest absolute Gasteiger partial charge is 0.380 e. The predicted octanol–water partition coefficient (Wildman–Crippen LogP) is 4.12. The molecule has 11 heteroatoms. The van der Waals surface area contributed by atoms with Gasteiger partial charge in [0.15, 0.2) is 0 Å². The Balaban J connectivity index is 1.30. The van der Waals surface area contributed by atoms with E-state index in [-0.39, 0.29) is 29.2 Å². The van der Waals surface area contributed by atoms with Gasteiger partial charge in [0.1, 0.15) is 12.2 Å². The minimum absolute atomic E-state index is 0.0286. The first-order valence-corrected chi connectivity index (χ1v) is 13.5. The molecule has 0 spiro atoms. The number of anilines is 1. The second-order valence-corrected chi connectivity index (χ2v) is 11.2. The molecule has 1 unspecified atom stereocenters. The number of carbonyl (C=O) groups excluding carboxylic acids is 1. The van der Waals surface area contributed by atoms with Gasteiger partial charge in [-0.25, -0.2) is 0 Å². The molecule has 1 amide bonds. The maximum Gasteiger partial charge on any atom is 0.416 e. The number of nitrogens with zero attached hydrogens (tertiary/aromatic N) is 5. The molecule has 212 valence electrons. The monoisotopic (exact) mass is 555 g/mol. The lowest BCUT2D eigenvalue weighted by atomic mass is 9.75. The van der Waals surface area contributed by atoms with Gasteiger partial charge in [-0.05, 0) is 60.3 Å². The van der Waals surface area contributed by atoms with Gasteiger partial charge in [0.05, 0.1) is 31.4 Å². The van der Waals surface area contributed by atoms with Crippen molar-refractivity contribution < 1.29 is 27.4 Å². The molecule has 3 aliphatic rings. The number of fused-ring (bicyclic) bond motifs is 1. The molecule has 1 atom stereocenters. The first kappa shape index (κ1) is 26.9. The summed E-state index contributed by atoms with van der Waals surface area (Å²) in [5.41, 5.74) is 1.08. The van der Waals surface area contributed by atoms with Gasteiger partial charge in [-0.1, -0.05) is 12.1 Å². The quantitative estimate of drug-likeness (QED) is 0.437. The summed E-state index contributed by atoms with van der Waals surface area (Å²) in [6.07, 6.45) is -0.410. The Kier molecular flexibility index (Phi) is 6.92. The van der Waals surface area contributed by atoms with E-state index in [2.05, 4.69) is 15.1 Å². The predicted molar refractivity (Wildman–Crippen MR) is 141 cm³/mol. The minimum Gasteiger partial charge on any atom is -0.380 e. The van der Waals surface area contributed by atoms with Crippen molar-refractivity contribution in [1.82, 2.24) is 19.7 Å². The molecule has 0 saturated carbocycles. The SMILES string of the molecule is COC1CCCN(Cc2cc3c(c(C(F)(F)F)c2)CN(c2cccc(C4(Cc5nncn5C)COC4)c2)C3=O)C1. The van der Waals surface area contributed by atoms with Crippen molar-refractivity contribution in [3.8, 4) is 0 Å². The molecular formula is C29H32F3N5O3. The molecule has 2 fully saturated rings. The summed E-state index contributed by atoms with van der Waals surface area (Å²) in [6, 6.07) is 10.3. The maximum absolute atomic E-state index is 14.3. The van der Waals surface area contributed by atoms with E-state index in [1.54, 1.807) is 25.6 Å². The van der Waals surface area contributed by atoms with Crippen molar-refractivity contribution >= 4 is 11.6 Å². The number of benzene rings is 2. The fraction of sp³-hybridized carbons (Fsp3) is 0.483. The molecule has 0 bridgehead atoms. The van der Waals surface area contributed by atoms with Crippen LogP contribution in [0.1, 0.15) is 51.3 Å². The molecule has 2 saturated heterocycles. The molecule has 0 N–H and O–H groups in total. The third-order valence-corrected chi connectivity index (χ3v) is 8.44. The van der Waals surface area contributed by atoms with E-state index in [0.29, 0.717) is 44.0 Å². The lowest BCUT2D eigenvalue weighted by molar-refractivity contribution is -0.138. The number of likely N-dealkylation sites (tertiary alicyclic amines) is 1. The summed E-state index contributed by atoms with van der Waals surface area (Å²) in [4.78, 5) is 17.2. The Morgan fingerprint density at radius 2 is 2.02 bits per heavy atom. The van der Waals surface area contributed by atoms with Gasteiger partial charge in [0.2, 0.25) is 0 Å². The molecule has 3 aliphatic heterocycles. The second-order valence-electron chi connectivity index (χ2n) is 11.2. The zero-order valence-corrected chi connectivity index (χ0v) is 22.6. The molecule has 0 radical (unpaired) electrons. The molecule has 8 nitrogen and oxygen atoms in total. The molecule has 4 heterocycles. The molecule has 1 aromatic heterocycles. The molecule has 6 rings (SSSR count).